The van der Waals surface area contributed by atoms with Crippen LogP contribution in [0.25, 0.3) is 5.57 Å². The van der Waals surface area contributed by atoms with Gasteiger partial charge < -0.3 is 29.6 Å². The van der Waals surface area contributed by atoms with Crippen LogP contribution in [0.3, 0.4) is 0 Å². The Morgan fingerprint density at radius 3 is 2.77 bits per heavy atom. The number of hydrogen-bond donors (Lipinski definition) is 2. The summed E-state index contributed by atoms with van der Waals surface area (Å²) in [6, 6.07) is 3.49. The van der Waals surface area contributed by atoms with E-state index in [4.69, 9.17) is 9.47 Å². The molecule has 0 atom stereocenters. The first-order valence-electron chi connectivity index (χ1n) is 13.2. The molecule has 0 aliphatic carbocycles. The lowest BCUT2D eigenvalue weighted by Crippen LogP contribution is -2.36. The van der Waals surface area contributed by atoms with Crippen molar-refractivity contribution >= 4 is 57.1 Å². The van der Waals surface area contributed by atoms with Crippen LogP contribution >= 0.6 is 33.9 Å². The normalized spacial score (nSPS) is 14.7. The van der Waals surface area contributed by atoms with E-state index in [1.54, 1.807) is 18.3 Å². The maximum Gasteiger partial charge on any atom is 0.314 e. The molecule has 0 radical (unpaired) electrons. The molecule has 0 saturated carbocycles. The molecule has 2 N–H and O–H groups in total. The number of nitrogens with zero attached hydrogens (tertiary/aromatic N) is 4. The zero-order valence-corrected chi connectivity index (χ0v) is 26.0. The quantitative estimate of drug-likeness (QED) is 0.106. The van der Waals surface area contributed by atoms with Crippen LogP contribution in [0.4, 0.5) is 10.5 Å². The first-order chi connectivity index (χ1) is 19.5. The number of hydrogen-bond acceptors (Lipinski definition) is 7. The second kappa shape index (κ2) is 17.0. The van der Waals surface area contributed by atoms with E-state index >= 15 is 0 Å². The number of pyridine rings is 1. The number of anilines is 1. The van der Waals surface area contributed by atoms with Gasteiger partial charge in [-0.05, 0) is 72.2 Å². The predicted octanol–water partition coefficient (Wildman–Crippen LogP) is 4.50. The Morgan fingerprint density at radius 1 is 1.27 bits per heavy atom. The zero-order chi connectivity index (χ0) is 28.7. The van der Waals surface area contributed by atoms with Crippen LogP contribution in [0, 0.1) is 0 Å². The van der Waals surface area contributed by atoms with Gasteiger partial charge in [0.05, 0.1) is 24.7 Å². The molecule has 0 unspecified atom stereocenters. The molecule has 1 fully saturated rings. The van der Waals surface area contributed by atoms with Gasteiger partial charge in [0.15, 0.2) is 4.80 Å². The molecule has 0 bridgehead atoms. The second-order valence-corrected chi connectivity index (χ2v) is 10.3. The number of alkyl halides is 1. The second-order valence-electron chi connectivity index (χ2n) is 8.86. The summed E-state index contributed by atoms with van der Waals surface area (Å²) in [5.74, 6) is 0.369. The van der Waals surface area contributed by atoms with Gasteiger partial charge in [-0.25, -0.2) is 4.79 Å². The highest BCUT2D eigenvalue weighted by Gasteiger charge is 2.15. The number of morpholine rings is 1. The van der Waals surface area contributed by atoms with Gasteiger partial charge in [-0.3, -0.25) is 9.78 Å². The molecular weight excluding hydrogens is 643 g/mol. The number of aromatic nitrogens is 2. The number of rotatable bonds is 13. The molecule has 3 heterocycles. The average Bonchev–Trinajstić information content (AvgIpc) is 3.36. The monoisotopic (exact) mass is 680 g/mol. The number of urea groups is 1. The van der Waals surface area contributed by atoms with Crippen molar-refractivity contribution in [2.45, 2.75) is 33.2 Å². The Hall–Kier alpha value is -2.97. The summed E-state index contributed by atoms with van der Waals surface area (Å²) in [6.45, 7) is 12.4. The summed E-state index contributed by atoms with van der Waals surface area (Å²) in [6.07, 6.45) is 8.75. The minimum atomic E-state index is -0.412. The van der Waals surface area contributed by atoms with Crippen molar-refractivity contribution in [1.29, 1.82) is 0 Å². The molecule has 1 aliphatic rings. The van der Waals surface area contributed by atoms with Crippen molar-refractivity contribution in [3.05, 3.63) is 70.5 Å². The SMILES string of the molecule is C=C/C(=C\C=C(/C)OCI)c1csc(=NC(=O)c2cc(N3CCOCC3)ccn2)n1CCCNC(=O)NCCC. The fourth-order valence-corrected chi connectivity index (χ4v) is 5.33. The smallest absolute Gasteiger partial charge is 0.314 e. The maximum absolute atomic E-state index is 13.3. The van der Waals surface area contributed by atoms with Crippen LogP contribution in [0.5, 0.6) is 0 Å². The summed E-state index contributed by atoms with van der Waals surface area (Å²) < 4.78 is 13.5. The van der Waals surface area contributed by atoms with E-state index in [-0.39, 0.29) is 11.7 Å². The van der Waals surface area contributed by atoms with E-state index in [0.717, 1.165) is 42.2 Å². The van der Waals surface area contributed by atoms with Gasteiger partial charge in [-0.15, -0.1) is 11.3 Å². The molecule has 216 valence electrons. The van der Waals surface area contributed by atoms with Crippen molar-refractivity contribution < 1.29 is 19.1 Å². The lowest BCUT2D eigenvalue weighted by Gasteiger charge is -2.28. The van der Waals surface area contributed by atoms with Gasteiger partial charge in [0.1, 0.15) is 10.3 Å². The number of carbonyl (C=O) groups is 2. The van der Waals surface area contributed by atoms with E-state index in [1.165, 1.54) is 11.3 Å². The number of thiazole rings is 1. The molecule has 3 amide bonds. The summed E-state index contributed by atoms with van der Waals surface area (Å²) in [7, 11) is 0. The molecule has 0 aromatic carbocycles. The van der Waals surface area contributed by atoms with E-state index in [9.17, 15) is 9.59 Å². The van der Waals surface area contributed by atoms with Crippen LogP contribution in [0.1, 0.15) is 42.9 Å². The average molecular weight is 681 g/mol. The Kier molecular flexibility index (Phi) is 13.4. The first kappa shape index (κ1) is 31.6. The van der Waals surface area contributed by atoms with Crippen molar-refractivity contribution in [2.75, 3.05) is 48.9 Å². The van der Waals surface area contributed by atoms with Gasteiger partial charge >= 0.3 is 6.03 Å². The standard InChI is InChI=1S/C28H37IN6O4S/c1-4-10-31-27(37)32-11-6-13-35-25(22(5-2)8-7-21(3)39-20-29)19-40-28(35)33-26(36)24-18-23(9-12-30-24)34-14-16-38-17-15-34/h5,7-9,12,18-19H,2,4,6,10-11,13-17,20H2,1,3H3,(H2,31,32,37)/b21-7+,22-8+,33-28?. The van der Waals surface area contributed by atoms with Crippen molar-refractivity contribution in [3.8, 4) is 0 Å². The molecule has 10 nitrogen and oxygen atoms in total. The maximum atomic E-state index is 13.3. The minimum Gasteiger partial charge on any atom is -0.488 e. The molecule has 1 aliphatic heterocycles. The first-order valence-corrected chi connectivity index (χ1v) is 15.6. The number of amides is 3. The van der Waals surface area contributed by atoms with Crippen molar-refractivity contribution in [2.24, 2.45) is 4.99 Å². The fourth-order valence-electron chi connectivity index (χ4n) is 3.90. The van der Waals surface area contributed by atoms with Gasteiger partial charge in [-0.1, -0.05) is 19.6 Å². The summed E-state index contributed by atoms with van der Waals surface area (Å²) >= 11 is 3.53. The van der Waals surface area contributed by atoms with Crippen molar-refractivity contribution in [3.63, 3.8) is 0 Å². The topological polar surface area (TPSA) is 110 Å². The van der Waals surface area contributed by atoms with Crippen LogP contribution < -0.4 is 20.3 Å². The van der Waals surface area contributed by atoms with E-state index < -0.39 is 5.91 Å². The molecule has 40 heavy (non-hydrogen) atoms. The van der Waals surface area contributed by atoms with E-state index in [0.29, 0.717) is 48.7 Å². The lowest BCUT2D eigenvalue weighted by molar-refractivity contribution is 0.0993. The third-order valence-corrected chi connectivity index (χ3v) is 7.18. The Morgan fingerprint density at radius 2 is 2.05 bits per heavy atom. The minimum absolute atomic E-state index is 0.189. The van der Waals surface area contributed by atoms with Gasteiger partial charge in [0.25, 0.3) is 5.91 Å². The zero-order valence-electron chi connectivity index (χ0n) is 23.0. The number of carbonyl (C=O) groups excluding carboxylic acids is 2. The van der Waals surface area contributed by atoms with Crippen molar-refractivity contribution in [1.82, 2.24) is 20.2 Å². The van der Waals surface area contributed by atoms with Gasteiger partial charge in [-0.2, -0.15) is 4.99 Å². The predicted molar refractivity (Wildman–Crippen MR) is 168 cm³/mol. The van der Waals surface area contributed by atoms with Crippen LogP contribution in [0.15, 0.2) is 59.3 Å². The Labute approximate surface area is 253 Å². The van der Waals surface area contributed by atoms with Crippen LogP contribution in [-0.2, 0) is 16.0 Å². The molecular formula is C28H37IN6O4S. The lowest BCUT2D eigenvalue weighted by atomic mass is 10.1. The van der Waals surface area contributed by atoms with Crippen LogP contribution in [-0.4, -0.2) is 65.5 Å². The number of nitrogens with one attached hydrogen (secondary N) is 2. The number of ether oxygens (including phenoxy) is 2. The summed E-state index contributed by atoms with van der Waals surface area (Å²) in [5, 5.41) is 7.65. The third-order valence-electron chi connectivity index (χ3n) is 6.01. The van der Waals surface area contributed by atoms with Crippen LogP contribution in [0.2, 0.25) is 0 Å². The van der Waals surface area contributed by atoms with E-state index in [2.05, 4.69) is 54.7 Å². The molecule has 0 spiro atoms. The highest BCUT2D eigenvalue weighted by molar-refractivity contribution is 14.1. The number of allylic oxidation sites excluding steroid dienone is 5. The fraction of sp³-hybridized carbons (Fsp3) is 0.429. The summed E-state index contributed by atoms with van der Waals surface area (Å²) in [5.41, 5.74) is 2.95. The molecule has 1 saturated heterocycles. The molecule has 2 aromatic rings. The highest BCUT2D eigenvalue weighted by Crippen LogP contribution is 2.19. The Bertz CT molecular complexity index is 1280. The Balaban J connectivity index is 1.88. The molecule has 3 rings (SSSR count). The molecule has 12 heteroatoms. The highest BCUT2D eigenvalue weighted by atomic mass is 127. The van der Waals surface area contributed by atoms with E-state index in [1.807, 2.05) is 42.0 Å². The molecule has 2 aromatic heterocycles. The largest absolute Gasteiger partial charge is 0.488 e. The van der Waals surface area contributed by atoms with Gasteiger partial charge in [0.2, 0.25) is 0 Å². The van der Waals surface area contributed by atoms with Gasteiger partial charge in [0, 0.05) is 50.0 Å². The number of halogens is 1. The third kappa shape index (κ3) is 9.59. The summed E-state index contributed by atoms with van der Waals surface area (Å²) in [4.78, 5) is 36.7.